The number of hydrogen-bond donors (Lipinski definition) is 2. The van der Waals surface area contributed by atoms with E-state index < -0.39 is 0 Å². The molecule has 2 heterocycles. The third kappa shape index (κ3) is 4.45. The predicted octanol–water partition coefficient (Wildman–Crippen LogP) is 2.02. The van der Waals surface area contributed by atoms with Gasteiger partial charge in [0.05, 0.1) is 12.6 Å². The first-order valence-corrected chi connectivity index (χ1v) is 7.75. The molecule has 114 valence electrons. The normalized spacial score (nSPS) is 24.1. The van der Waals surface area contributed by atoms with Crippen LogP contribution in [0.2, 0.25) is 0 Å². The molecule has 3 N–H and O–H groups in total. The zero-order chi connectivity index (χ0) is 13.8. The van der Waals surface area contributed by atoms with E-state index in [1.165, 1.54) is 4.88 Å². The van der Waals surface area contributed by atoms with Crippen molar-refractivity contribution in [3.05, 3.63) is 22.4 Å². The number of nitrogens with two attached hydrogens (primary N) is 1. The first-order chi connectivity index (χ1) is 9.10. The molecule has 3 unspecified atom stereocenters. The molecule has 1 aliphatic heterocycles. The quantitative estimate of drug-likeness (QED) is 0.873. The Morgan fingerprint density at radius 1 is 1.65 bits per heavy atom. The minimum atomic E-state index is 0. The average Bonchev–Trinajstić information content (AvgIpc) is 2.99. The summed E-state index contributed by atoms with van der Waals surface area (Å²) in [4.78, 5) is 15.5. The molecule has 2 rings (SSSR count). The van der Waals surface area contributed by atoms with Gasteiger partial charge in [0.2, 0.25) is 5.91 Å². The fraction of sp³-hybridized carbons (Fsp3) is 0.643. The van der Waals surface area contributed by atoms with Gasteiger partial charge >= 0.3 is 0 Å². The van der Waals surface area contributed by atoms with Gasteiger partial charge in [0.15, 0.2) is 0 Å². The van der Waals surface area contributed by atoms with Gasteiger partial charge in [-0.15, -0.1) is 23.7 Å². The van der Waals surface area contributed by atoms with Crippen molar-refractivity contribution in [3.8, 4) is 0 Å². The van der Waals surface area contributed by atoms with E-state index in [1.54, 1.807) is 11.3 Å². The summed E-state index contributed by atoms with van der Waals surface area (Å²) in [5.74, 6) is 0.642. The van der Waals surface area contributed by atoms with Crippen LogP contribution in [0.15, 0.2) is 17.5 Å². The van der Waals surface area contributed by atoms with Gasteiger partial charge in [0.1, 0.15) is 0 Å². The van der Waals surface area contributed by atoms with E-state index in [1.807, 2.05) is 18.4 Å². The van der Waals surface area contributed by atoms with Crippen LogP contribution >= 0.6 is 23.7 Å². The molecular weight excluding hydrogens is 294 g/mol. The zero-order valence-electron chi connectivity index (χ0n) is 12.0. The molecule has 3 atom stereocenters. The minimum Gasteiger partial charge on any atom is -0.348 e. The number of halogens is 1. The number of carbonyl (C=O) groups is 1. The highest BCUT2D eigenvalue weighted by Gasteiger charge is 2.29. The van der Waals surface area contributed by atoms with Crippen LogP contribution in [0.3, 0.4) is 0 Å². The number of hydrogen-bond acceptors (Lipinski definition) is 4. The van der Waals surface area contributed by atoms with Crippen LogP contribution < -0.4 is 11.1 Å². The zero-order valence-corrected chi connectivity index (χ0v) is 13.7. The summed E-state index contributed by atoms with van der Waals surface area (Å²) in [6, 6.07) is 4.61. The fourth-order valence-corrected chi connectivity index (χ4v) is 3.42. The third-order valence-corrected chi connectivity index (χ3v) is 4.87. The second-order valence-electron chi connectivity index (χ2n) is 5.42. The van der Waals surface area contributed by atoms with E-state index in [0.29, 0.717) is 25.0 Å². The topological polar surface area (TPSA) is 58.4 Å². The number of likely N-dealkylation sites (tertiary alicyclic amines) is 1. The van der Waals surface area contributed by atoms with Crippen molar-refractivity contribution < 1.29 is 4.79 Å². The molecule has 6 heteroatoms. The van der Waals surface area contributed by atoms with Gasteiger partial charge in [0.25, 0.3) is 0 Å². The van der Waals surface area contributed by atoms with Crippen LogP contribution in [0.5, 0.6) is 0 Å². The number of rotatable bonds is 5. The number of thiophene rings is 1. The van der Waals surface area contributed by atoms with Gasteiger partial charge in [-0.25, -0.2) is 0 Å². The van der Waals surface area contributed by atoms with Crippen molar-refractivity contribution in [1.29, 1.82) is 0 Å². The minimum absolute atomic E-state index is 0. The van der Waals surface area contributed by atoms with Crippen molar-refractivity contribution >= 4 is 29.7 Å². The van der Waals surface area contributed by atoms with E-state index >= 15 is 0 Å². The molecule has 1 amide bonds. The van der Waals surface area contributed by atoms with Crippen LogP contribution in [0.1, 0.15) is 31.2 Å². The van der Waals surface area contributed by atoms with Gasteiger partial charge in [0, 0.05) is 17.5 Å². The highest BCUT2D eigenvalue weighted by atomic mass is 35.5. The smallest absolute Gasteiger partial charge is 0.234 e. The molecule has 1 aromatic heterocycles. The van der Waals surface area contributed by atoms with Gasteiger partial charge in [-0.05, 0) is 44.2 Å². The van der Waals surface area contributed by atoms with Crippen molar-refractivity contribution in [3.63, 3.8) is 0 Å². The third-order valence-electron chi connectivity index (χ3n) is 3.82. The molecule has 1 saturated heterocycles. The lowest BCUT2D eigenvalue weighted by Crippen LogP contribution is -2.39. The van der Waals surface area contributed by atoms with E-state index in [4.69, 9.17) is 5.73 Å². The first-order valence-electron chi connectivity index (χ1n) is 6.87. The first kappa shape index (κ1) is 17.4. The van der Waals surface area contributed by atoms with Gasteiger partial charge < -0.3 is 11.1 Å². The fourth-order valence-electron chi connectivity index (χ4n) is 2.69. The highest BCUT2D eigenvalue weighted by Crippen LogP contribution is 2.22. The van der Waals surface area contributed by atoms with Crippen LogP contribution in [0.4, 0.5) is 0 Å². The van der Waals surface area contributed by atoms with Crippen LogP contribution in [0, 0.1) is 5.92 Å². The van der Waals surface area contributed by atoms with E-state index in [0.717, 1.165) is 13.0 Å². The van der Waals surface area contributed by atoms with Gasteiger partial charge in [-0.2, -0.15) is 0 Å². The Hall–Kier alpha value is -0.620. The van der Waals surface area contributed by atoms with E-state index in [9.17, 15) is 4.79 Å². The molecule has 0 aliphatic carbocycles. The maximum atomic E-state index is 12.1. The molecule has 1 aromatic rings. The molecule has 1 fully saturated rings. The predicted molar refractivity (Wildman–Crippen MR) is 86.3 cm³/mol. The molecule has 0 aromatic carbocycles. The Bertz CT molecular complexity index is 413. The molecule has 0 radical (unpaired) electrons. The second-order valence-corrected chi connectivity index (χ2v) is 6.40. The van der Waals surface area contributed by atoms with Gasteiger partial charge in [-0.1, -0.05) is 6.07 Å². The Morgan fingerprint density at radius 2 is 2.40 bits per heavy atom. The summed E-state index contributed by atoms with van der Waals surface area (Å²) >= 11 is 1.68. The monoisotopic (exact) mass is 317 g/mol. The molecule has 1 aliphatic rings. The summed E-state index contributed by atoms with van der Waals surface area (Å²) in [7, 11) is 0. The van der Waals surface area contributed by atoms with Crippen molar-refractivity contribution in [2.45, 2.75) is 32.4 Å². The van der Waals surface area contributed by atoms with E-state index in [2.05, 4.69) is 23.2 Å². The number of amides is 1. The van der Waals surface area contributed by atoms with Crippen molar-refractivity contribution in [1.82, 2.24) is 10.2 Å². The Balaban J connectivity index is 0.00000200. The molecule has 4 nitrogen and oxygen atoms in total. The lowest BCUT2D eigenvalue weighted by Gasteiger charge is -2.21. The summed E-state index contributed by atoms with van der Waals surface area (Å²) in [5, 5.41) is 5.10. The average molecular weight is 318 g/mol. The second kappa shape index (κ2) is 7.98. The highest BCUT2D eigenvalue weighted by molar-refractivity contribution is 7.10. The molecule has 20 heavy (non-hydrogen) atoms. The van der Waals surface area contributed by atoms with Crippen LogP contribution in [-0.2, 0) is 4.79 Å². The largest absolute Gasteiger partial charge is 0.348 e. The lowest BCUT2D eigenvalue weighted by atomic mass is 10.1. The Morgan fingerprint density at radius 3 is 2.95 bits per heavy atom. The summed E-state index contributed by atoms with van der Waals surface area (Å²) in [5.41, 5.74) is 5.71. The summed E-state index contributed by atoms with van der Waals surface area (Å²) < 4.78 is 0. The van der Waals surface area contributed by atoms with E-state index in [-0.39, 0.29) is 24.4 Å². The maximum absolute atomic E-state index is 12.1. The molecule has 0 saturated carbocycles. The molecule has 0 spiro atoms. The number of nitrogens with zero attached hydrogens (tertiary/aromatic N) is 1. The maximum Gasteiger partial charge on any atom is 0.234 e. The Labute approximate surface area is 131 Å². The lowest BCUT2D eigenvalue weighted by molar-refractivity contribution is -0.123. The van der Waals surface area contributed by atoms with Crippen molar-refractivity contribution in [2.75, 3.05) is 19.6 Å². The molecular formula is C14H24ClN3OS. The Kier molecular flexibility index (Phi) is 6.95. The SMILES string of the molecule is CC(NC(=O)CN1CC(CN)CC1C)c1cccs1.Cl. The van der Waals surface area contributed by atoms with Crippen LogP contribution in [-0.4, -0.2) is 36.5 Å². The van der Waals surface area contributed by atoms with Crippen LogP contribution in [0.25, 0.3) is 0 Å². The molecule has 0 bridgehead atoms. The standard InChI is InChI=1S/C14H23N3OS.ClH/c1-10-6-12(7-15)8-17(10)9-14(18)16-11(2)13-4-3-5-19-13;/h3-5,10-12H,6-9,15H2,1-2H3,(H,16,18);1H. The summed E-state index contributed by atoms with van der Waals surface area (Å²) in [6.07, 6.45) is 1.10. The van der Waals surface area contributed by atoms with Gasteiger partial charge in [-0.3, -0.25) is 9.69 Å². The number of carbonyl (C=O) groups excluding carboxylic acids is 1. The number of nitrogens with one attached hydrogen (secondary N) is 1. The summed E-state index contributed by atoms with van der Waals surface area (Å²) in [6.45, 7) is 6.34. The van der Waals surface area contributed by atoms with Crippen molar-refractivity contribution in [2.24, 2.45) is 11.7 Å².